The van der Waals surface area contributed by atoms with Crippen LogP contribution in [-0.4, -0.2) is 24.2 Å². The second-order valence-electron chi connectivity index (χ2n) is 5.27. The lowest BCUT2D eigenvalue weighted by Crippen LogP contribution is -2.38. The maximum absolute atomic E-state index is 12.1. The van der Waals surface area contributed by atoms with Crippen molar-refractivity contribution in [3.63, 3.8) is 0 Å². The van der Waals surface area contributed by atoms with Gasteiger partial charge in [0.1, 0.15) is 22.9 Å². The molecule has 1 amide bonds. The molecule has 0 fully saturated rings. The van der Waals surface area contributed by atoms with Gasteiger partial charge in [0.05, 0.1) is 6.54 Å². The van der Waals surface area contributed by atoms with E-state index < -0.39 is 18.1 Å². The van der Waals surface area contributed by atoms with Crippen LogP contribution in [-0.2, 0) is 5.60 Å². The SMILES string of the molecule is Cc1ccc(C(C)(O)CNC(=O)c2ccc(OC(F)F)cc2)o1. The lowest BCUT2D eigenvalue weighted by molar-refractivity contribution is -0.0498. The van der Waals surface area contributed by atoms with Crippen molar-refractivity contribution in [1.82, 2.24) is 5.32 Å². The van der Waals surface area contributed by atoms with Gasteiger partial charge < -0.3 is 19.6 Å². The zero-order valence-corrected chi connectivity index (χ0v) is 12.7. The average Bonchev–Trinajstić information content (AvgIpc) is 2.92. The zero-order chi connectivity index (χ0) is 17.0. The van der Waals surface area contributed by atoms with Crippen LogP contribution in [0.1, 0.15) is 28.8 Å². The number of furan rings is 1. The molecule has 0 bridgehead atoms. The van der Waals surface area contributed by atoms with E-state index in [0.29, 0.717) is 11.5 Å². The fraction of sp³-hybridized carbons (Fsp3) is 0.312. The molecule has 1 atom stereocenters. The zero-order valence-electron chi connectivity index (χ0n) is 12.7. The van der Waals surface area contributed by atoms with E-state index in [1.54, 1.807) is 19.1 Å². The van der Waals surface area contributed by atoms with Crippen molar-refractivity contribution in [2.24, 2.45) is 0 Å². The summed E-state index contributed by atoms with van der Waals surface area (Å²) >= 11 is 0. The summed E-state index contributed by atoms with van der Waals surface area (Å²) in [4.78, 5) is 12.0. The monoisotopic (exact) mass is 325 g/mol. The van der Waals surface area contributed by atoms with Gasteiger partial charge in [-0.2, -0.15) is 8.78 Å². The first-order chi connectivity index (χ1) is 10.8. The largest absolute Gasteiger partial charge is 0.463 e. The normalized spacial score (nSPS) is 13.7. The number of aliphatic hydroxyl groups is 1. The predicted octanol–water partition coefficient (Wildman–Crippen LogP) is 2.83. The smallest absolute Gasteiger partial charge is 0.387 e. The Morgan fingerprint density at radius 1 is 1.30 bits per heavy atom. The molecule has 0 spiro atoms. The molecule has 0 aliphatic rings. The standard InChI is InChI=1S/C16H17F2NO4/c1-10-3-8-13(22-10)16(2,21)9-19-14(20)11-4-6-12(7-5-11)23-15(17)18/h3-8,15,21H,9H2,1-2H3,(H,19,20). The van der Waals surface area contributed by atoms with E-state index in [1.165, 1.54) is 31.2 Å². The molecular weight excluding hydrogens is 308 g/mol. The van der Waals surface area contributed by atoms with E-state index in [9.17, 15) is 18.7 Å². The van der Waals surface area contributed by atoms with Crippen molar-refractivity contribution >= 4 is 5.91 Å². The molecule has 23 heavy (non-hydrogen) atoms. The Bertz CT molecular complexity index is 665. The fourth-order valence-electron chi connectivity index (χ4n) is 1.95. The molecule has 0 radical (unpaired) electrons. The molecule has 2 N–H and O–H groups in total. The number of ether oxygens (including phenoxy) is 1. The molecule has 0 saturated heterocycles. The summed E-state index contributed by atoms with van der Waals surface area (Å²) in [5, 5.41) is 12.9. The number of carbonyl (C=O) groups is 1. The Hall–Kier alpha value is -2.41. The second kappa shape index (κ2) is 6.78. The lowest BCUT2D eigenvalue weighted by Gasteiger charge is -2.21. The first kappa shape index (κ1) is 17.0. The van der Waals surface area contributed by atoms with Crippen molar-refractivity contribution in [3.05, 3.63) is 53.5 Å². The van der Waals surface area contributed by atoms with Gasteiger partial charge in [0.25, 0.3) is 5.91 Å². The Balaban J connectivity index is 1.96. The summed E-state index contributed by atoms with van der Waals surface area (Å²) < 4.78 is 33.7. The average molecular weight is 325 g/mol. The van der Waals surface area contributed by atoms with Gasteiger partial charge in [-0.25, -0.2) is 0 Å². The van der Waals surface area contributed by atoms with Crippen LogP contribution in [0, 0.1) is 6.92 Å². The van der Waals surface area contributed by atoms with Gasteiger partial charge >= 0.3 is 6.61 Å². The molecule has 0 saturated carbocycles. The van der Waals surface area contributed by atoms with Gasteiger partial charge in [0.2, 0.25) is 0 Å². The van der Waals surface area contributed by atoms with Gasteiger partial charge in [-0.3, -0.25) is 4.79 Å². The van der Waals surface area contributed by atoms with Crippen molar-refractivity contribution in [2.45, 2.75) is 26.1 Å². The Morgan fingerprint density at radius 3 is 2.48 bits per heavy atom. The summed E-state index contributed by atoms with van der Waals surface area (Å²) in [6.45, 7) is 0.293. The Kier molecular flexibility index (Phi) is 5.00. The Morgan fingerprint density at radius 2 is 1.96 bits per heavy atom. The number of amides is 1. The van der Waals surface area contributed by atoms with Crippen LogP contribution < -0.4 is 10.1 Å². The molecule has 1 aromatic heterocycles. The molecule has 7 heteroatoms. The number of benzene rings is 1. The van der Waals surface area contributed by atoms with Crippen LogP contribution in [0.4, 0.5) is 8.78 Å². The molecule has 0 aliphatic heterocycles. The minimum absolute atomic E-state index is 0.0328. The van der Waals surface area contributed by atoms with E-state index in [4.69, 9.17) is 4.42 Å². The lowest BCUT2D eigenvalue weighted by atomic mass is 10.0. The molecule has 1 unspecified atom stereocenters. The highest BCUT2D eigenvalue weighted by Gasteiger charge is 2.27. The summed E-state index contributed by atoms with van der Waals surface area (Å²) in [7, 11) is 0. The fourth-order valence-corrected chi connectivity index (χ4v) is 1.95. The molecule has 2 rings (SSSR count). The third kappa shape index (κ3) is 4.53. The molecular formula is C16H17F2NO4. The van der Waals surface area contributed by atoms with E-state index in [0.717, 1.165) is 0 Å². The van der Waals surface area contributed by atoms with Crippen LogP contribution >= 0.6 is 0 Å². The van der Waals surface area contributed by atoms with Crippen LogP contribution in [0.3, 0.4) is 0 Å². The number of aryl methyl sites for hydroxylation is 1. The van der Waals surface area contributed by atoms with E-state index in [1.807, 2.05) is 0 Å². The van der Waals surface area contributed by atoms with E-state index in [-0.39, 0.29) is 17.9 Å². The summed E-state index contributed by atoms with van der Waals surface area (Å²) in [6, 6.07) is 8.62. The van der Waals surface area contributed by atoms with Crippen molar-refractivity contribution in [2.75, 3.05) is 6.54 Å². The maximum atomic E-state index is 12.1. The number of carbonyl (C=O) groups excluding carboxylic acids is 1. The molecule has 1 heterocycles. The third-order valence-corrected chi connectivity index (χ3v) is 3.21. The summed E-state index contributed by atoms with van der Waals surface area (Å²) in [5.74, 6) is 0.518. The molecule has 0 aliphatic carbocycles. The highest BCUT2D eigenvalue weighted by atomic mass is 19.3. The van der Waals surface area contributed by atoms with Gasteiger partial charge in [0.15, 0.2) is 0 Å². The Labute approximate surface area is 131 Å². The molecule has 2 aromatic rings. The quantitative estimate of drug-likeness (QED) is 0.857. The van der Waals surface area contributed by atoms with Crippen molar-refractivity contribution in [3.8, 4) is 5.75 Å². The van der Waals surface area contributed by atoms with E-state index in [2.05, 4.69) is 10.1 Å². The van der Waals surface area contributed by atoms with Crippen molar-refractivity contribution < 1.29 is 27.8 Å². The predicted molar refractivity (Wildman–Crippen MR) is 78.4 cm³/mol. The number of hydrogen-bond acceptors (Lipinski definition) is 4. The summed E-state index contributed by atoms with van der Waals surface area (Å²) in [6.07, 6.45) is 0. The number of hydrogen-bond donors (Lipinski definition) is 2. The molecule has 1 aromatic carbocycles. The minimum atomic E-state index is -2.92. The van der Waals surface area contributed by atoms with Gasteiger partial charge in [-0.1, -0.05) is 0 Å². The maximum Gasteiger partial charge on any atom is 0.387 e. The number of rotatable bonds is 6. The van der Waals surface area contributed by atoms with Gasteiger partial charge in [-0.05, 0) is 50.2 Å². The van der Waals surface area contributed by atoms with Crippen LogP contribution in [0.15, 0.2) is 40.8 Å². The first-order valence-electron chi connectivity index (χ1n) is 6.90. The highest BCUT2D eigenvalue weighted by molar-refractivity contribution is 5.94. The minimum Gasteiger partial charge on any atom is -0.463 e. The first-order valence-corrected chi connectivity index (χ1v) is 6.90. The third-order valence-electron chi connectivity index (χ3n) is 3.21. The van der Waals surface area contributed by atoms with Crippen LogP contribution in [0.2, 0.25) is 0 Å². The number of halogens is 2. The van der Waals surface area contributed by atoms with Gasteiger partial charge in [-0.15, -0.1) is 0 Å². The summed E-state index contributed by atoms with van der Waals surface area (Å²) in [5.41, 5.74) is -1.10. The van der Waals surface area contributed by atoms with Gasteiger partial charge in [0, 0.05) is 5.56 Å². The van der Waals surface area contributed by atoms with Crippen molar-refractivity contribution in [1.29, 1.82) is 0 Å². The second-order valence-corrected chi connectivity index (χ2v) is 5.27. The molecule has 5 nitrogen and oxygen atoms in total. The van der Waals surface area contributed by atoms with Crippen LogP contribution in [0.5, 0.6) is 5.75 Å². The highest BCUT2D eigenvalue weighted by Crippen LogP contribution is 2.22. The molecule has 124 valence electrons. The van der Waals surface area contributed by atoms with Crippen LogP contribution in [0.25, 0.3) is 0 Å². The van der Waals surface area contributed by atoms with E-state index >= 15 is 0 Å². The number of alkyl halides is 2. The number of nitrogens with one attached hydrogen (secondary N) is 1. The topological polar surface area (TPSA) is 71.7 Å².